The minimum atomic E-state index is -4.35. The van der Waals surface area contributed by atoms with E-state index in [1.54, 1.807) is 0 Å². The van der Waals surface area contributed by atoms with Crippen molar-refractivity contribution in [3.05, 3.63) is 0 Å². The molecule has 0 aromatic carbocycles. The zero-order chi connectivity index (χ0) is 11.4. The van der Waals surface area contributed by atoms with E-state index in [0.717, 1.165) is 6.92 Å². The molecule has 6 heteroatoms. The second-order valence-electron chi connectivity index (χ2n) is 3.51. The third-order valence-corrected chi connectivity index (χ3v) is 1.91. The first kappa shape index (κ1) is 13.7. The van der Waals surface area contributed by atoms with Gasteiger partial charge in [-0.3, -0.25) is 0 Å². The molecule has 0 aliphatic heterocycles. The summed E-state index contributed by atoms with van der Waals surface area (Å²) in [7, 11) is 0. The first-order chi connectivity index (χ1) is 6.19. The third-order valence-electron chi connectivity index (χ3n) is 1.91. The van der Waals surface area contributed by atoms with Gasteiger partial charge in [-0.15, -0.1) is 0 Å². The lowest BCUT2D eigenvalue weighted by Crippen LogP contribution is -2.37. The number of nitrogens with two attached hydrogens (primary N) is 1. The van der Waals surface area contributed by atoms with Crippen LogP contribution in [0.15, 0.2) is 0 Å². The predicted octanol–water partition coefficient (Wildman–Crippen LogP) is 1.05. The SMILES string of the molecule is CC(OCCC(C)(O)CN)C(F)(F)F. The van der Waals surface area contributed by atoms with Gasteiger partial charge in [0.2, 0.25) is 0 Å². The van der Waals surface area contributed by atoms with Crippen LogP contribution < -0.4 is 5.73 Å². The molecule has 0 bridgehead atoms. The number of aliphatic hydroxyl groups is 1. The molecular formula is C8H16F3NO2. The molecule has 0 saturated carbocycles. The zero-order valence-corrected chi connectivity index (χ0v) is 8.27. The summed E-state index contributed by atoms with van der Waals surface area (Å²) >= 11 is 0. The molecule has 0 saturated heterocycles. The number of ether oxygens (including phenoxy) is 1. The summed E-state index contributed by atoms with van der Waals surface area (Å²) in [6.07, 6.45) is -6.07. The van der Waals surface area contributed by atoms with Gasteiger partial charge in [0.15, 0.2) is 6.10 Å². The lowest BCUT2D eigenvalue weighted by molar-refractivity contribution is -0.216. The monoisotopic (exact) mass is 215 g/mol. The van der Waals surface area contributed by atoms with Crippen LogP contribution in [-0.2, 0) is 4.74 Å². The standard InChI is InChI=1S/C8H16F3NO2/c1-6(8(9,10)11)14-4-3-7(2,13)5-12/h6,13H,3-5,12H2,1-2H3. The van der Waals surface area contributed by atoms with Gasteiger partial charge >= 0.3 is 6.18 Å². The van der Waals surface area contributed by atoms with Crippen LogP contribution in [-0.4, -0.2) is 36.1 Å². The van der Waals surface area contributed by atoms with Crippen molar-refractivity contribution < 1.29 is 23.0 Å². The number of hydrogen-bond donors (Lipinski definition) is 2. The van der Waals surface area contributed by atoms with Gasteiger partial charge in [-0.1, -0.05) is 0 Å². The van der Waals surface area contributed by atoms with E-state index in [9.17, 15) is 18.3 Å². The highest BCUT2D eigenvalue weighted by Crippen LogP contribution is 2.22. The van der Waals surface area contributed by atoms with Gasteiger partial charge < -0.3 is 15.6 Å². The van der Waals surface area contributed by atoms with Crippen molar-refractivity contribution in [3.63, 3.8) is 0 Å². The Balaban J connectivity index is 3.75. The average molecular weight is 215 g/mol. The third kappa shape index (κ3) is 5.41. The van der Waals surface area contributed by atoms with Gasteiger partial charge in [0.1, 0.15) is 0 Å². The Morgan fingerprint density at radius 3 is 2.29 bits per heavy atom. The summed E-state index contributed by atoms with van der Waals surface area (Å²) in [5.41, 5.74) is 4.02. The van der Waals surface area contributed by atoms with Crippen LogP contribution in [0.5, 0.6) is 0 Å². The molecule has 2 unspecified atom stereocenters. The maximum atomic E-state index is 11.9. The second-order valence-corrected chi connectivity index (χ2v) is 3.51. The van der Waals surface area contributed by atoms with Crippen LogP contribution in [0, 0.1) is 0 Å². The van der Waals surface area contributed by atoms with Crippen molar-refractivity contribution in [1.82, 2.24) is 0 Å². The fourth-order valence-electron chi connectivity index (χ4n) is 0.652. The van der Waals surface area contributed by atoms with E-state index in [0.29, 0.717) is 0 Å². The van der Waals surface area contributed by atoms with E-state index >= 15 is 0 Å². The highest BCUT2D eigenvalue weighted by molar-refractivity contribution is 4.73. The maximum absolute atomic E-state index is 11.9. The fourth-order valence-corrected chi connectivity index (χ4v) is 0.652. The molecular weight excluding hydrogens is 199 g/mol. The maximum Gasteiger partial charge on any atom is 0.414 e. The molecule has 3 N–H and O–H groups in total. The normalized spacial score (nSPS) is 19.1. The van der Waals surface area contributed by atoms with E-state index in [4.69, 9.17) is 5.73 Å². The summed E-state index contributed by atoms with van der Waals surface area (Å²) in [6.45, 7) is 2.22. The molecule has 3 nitrogen and oxygen atoms in total. The fraction of sp³-hybridized carbons (Fsp3) is 1.00. The molecule has 0 aromatic rings. The molecule has 0 radical (unpaired) electrons. The van der Waals surface area contributed by atoms with Gasteiger partial charge in [0.05, 0.1) is 12.2 Å². The molecule has 2 atom stereocenters. The number of rotatable bonds is 5. The van der Waals surface area contributed by atoms with E-state index < -0.39 is 17.9 Å². The van der Waals surface area contributed by atoms with Crippen LogP contribution in [0.4, 0.5) is 13.2 Å². The Bertz CT molecular complexity index is 170. The highest BCUT2D eigenvalue weighted by Gasteiger charge is 2.37. The second kappa shape index (κ2) is 4.95. The first-order valence-electron chi connectivity index (χ1n) is 4.30. The van der Waals surface area contributed by atoms with E-state index in [2.05, 4.69) is 4.74 Å². The van der Waals surface area contributed by atoms with E-state index in [1.807, 2.05) is 0 Å². The highest BCUT2D eigenvalue weighted by atomic mass is 19.4. The molecule has 0 aromatic heterocycles. The van der Waals surface area contributed by atoms with Gasteiger partial charge in [-0.25, -0.2) is 0 Å². The molecule has 0 heterocycles. The minimum Gasteiger partial charge on any atom is -0.389 e. The Labute approximate surface area is 81.0 Å². The van der Waals surface area contributed by atoms with Crippen molar-refractivity contribution in [1.29, 1.82) is 0 Å². The Kier molecular flexibility index (Phi) is 4.83. The van der Waals surface area contributed by atoms with Crippen molar-refractivity contribution in [2.24, 2.45) is 5.73 Å². The van der Waals surface area contributed by atoms with Gasteiger partial charge in [0, 0.05) is 13.0 Å². The summed E-state index contributed by atoms with van der Waals surface area (Å²) in [4.78, 5) is 0. The van der Waals surface area contributed by atoms with Gasteiger partial charge in [0.25, 0.3) is 0 Å². The largest absolute Gasteiger partial charge is 0.414 e. The molecule has 86 valence electrons. The van der Waals surface area contributed by atoms with Crippen molar-refractivity contribution in [2.75, 3.05) is 13.2 Å². The predicted molar refractivity (Wildman–Crippen MR) is 45.8 cm³/mol. The van der Waals surface area contributed by atoms with Crippen molar-refractivity contribution in [3.8, 4) is 0 Å². The molecule has 0 aliphatic rings. The van der Waals surface area contributed by atoms with Crippen LogP contribution in [0.3, 0.4) is 0 Å². The molecule has 0 spiro atoms. The van der Waals surface area contributed by atoms with Crippen molar-refractivity contribution >= 4 is 0 Å². The quantitative estimate of drug-likeness (QED) is 0.720. The lowest BCUT2D eigenvalue weighted by atomic mass is 10.0. The number of alkyl halides is 3. The molecule has 0 aliphatic carbocycles. The number of hydrogen-bond acceptors (Lipinski definition) is 3. The molecule has 0 amide bonds. The summed E-state index contributed by atoms with van der Waals surface area (Å²) in [5.74, 6) is 0. The summed E-state index contributed by atoms with van der Waals surface area (Å²) in [6, 6.07) is 0. The molecule has 0 fully saturated rings. The lowest BCUT2D eigenvalue weighted by Gasteiger charge is -2.22. The van der Waals surface area contributed by atoms with Gasteiger partial charge in [-0.05, 0) is 13.8 Å². The Hall–Kier alpha value is -0.330. The average Bonchev–Trinajstić information content (AvgIpc) is 2.02. The molecule has 14 heavy (non-hydrogen) atoms. The smallest absolute Gasteiger partial charge is 0.389 e. The topological polar surface area (TPSA) is 55.5 Å². The first-order valence-corrected chi connectivity index (χ1v) is 4.30. The van der Waals surface area contributed by atoms with Crippen LogP contribution in [0.25, 0.3) is 0 Å². The number of halogens is 3. The summed E-state index contributed by atoms with van der Waals surface area (Å²) in [5, 5.41) is 9.35. The zero-order valence-electron chi connectivity index (χ0n) is 8.27. The van der Waals surface area contributed by atoms with Gasteiger partial charge in [-0.2, -0.15) is 13.2 Å². The van der Waals surface area contributed by atoms with Crippen LogP contribution in [0.2, 0.25) is 0 Å². The molecule has 0 rings (SSSR count). The van der Waals surface area contributed by atoms with Crippen molar-refractivity contribution in [2.45, 2.75) is 38.1 Å². The Morgan fingerprint density at radius 2 is 1.93 bits per heavy atom. The Morgan fingerprint density at radius 1 is 1.43 bits per heavy atom. The van der Waals surface area contributed by atoms with Crippen LogP contribution in [0.1, 0.15) is 20.3 Å². The minimum absolute atomic E-state index is 0.00322. The van der Waals surface area contributed by atoms with Crippen LogP contribution >= 0.6 is 0 Å². The summed E-state index contributed by atoms with van der Waals surface area (Å²) < 4.78 is 40.3. The van der Waals surface area contributed by atoms with E-state index in [1.165, 1.54) is 6.92 Å². The van der Waals surface area contributed by atoms with E-state index in [-0.39, 0.29) is 19.6 Å².